The first-order chi connectivity index (χ1) is 12.0. The van der Waals surface area contributed by atoms with Gasteiger partial charge in [-0.25, -0.2) is 14.9 Å². The van der Waals surface area contributed by atoms with Crippen molar-refractivity contribution in [3.63, 3.8) is 0 Å². The number of nitrogens with zero attached hydrogens (tertiary/aromatic N) is 2. The summed E-state index contributed by atoms with van der Waals surface area (Å²) in [6.07, 6.45) is 4.25. The molecule has 7 nitrogen and oxygen atoms in total. The Bertz CT molecular complexity index is 760. The zero-order chi connectivity index (χ0) is 18.2. The number of anilines is 1. The van der Waals surface area contributed by atoms with Crippen LogP contribution in [0.2, 0.25) is 0 Å². The van der Waals surface area contributed by atoms with E-state index in [9.17, 15) is 9.18 Å². The summed E-state index contributed by atoms with van der Waals surface area (Å²) in [5, 5.41) is 19.6. The molecule has 0 saturated carbocycles. The minimum Gasteiger partial charge on any atom is -0.394 e. The number of nitrogens with one attached hydrogen (secondary N) is 3. The van der Waals surface area contributed by atoms with E-state index in [1.807, 2.05) is 0 Å². The summed E-state index contributed by atoms with van der Waals surface area (Å²) in [5.41, 5.74) is 2.69. The van der Waals surface area contributed by atoms with Gasteiger partial charge in [-0.3, -0.25) is 15.4 Å². The monoisotopic (exact) mass is 343 g/mol. The highest BCUT2D eigenvalue weighted by molar-refractivity contribution is 6.02. The number of amidine groups is 1. The molecule has 0 unspecified atom stereocenters. The van der Waals surface area contributed by atoms with Crippen molar-refractivity contribution < 1.29 is 14.4 Å². The molecule has 1 aromatic heterocycles. The van der Waals surface area contributed by atoms with Crippen molar-refractivity contribution in [2.24, 2.45) is 0 Å². The Labute approximate surface area is 144 Å². The summed E-state index contributed by atoms with van der Waals surface area (Å²) in [6.45, 7) is 0.298. The lowest BCUT2D eigenvalue weighted by atomic mass is 10.1. The first kappa shape index (κ1) is 18.1. The lowest BCUT2D eigenvalue weighted by Gasteiger charge is -2.22. The first-order valence-corrected chi connectivity index (χ1v) is 7.40. The standard InChI is InChI=1S/C17H18FN5O2/c1-20-9-8-15(19)23(16-7-6-14(18)10-21-16)11-12-2-4-13(5-3-12)17(24)22-25/h2-10,19-20,25H,11H2,1H3,(H,22,24)/b9-8-,19-15?. The van der Waals surface area contributed by atoms with Gasteiger partial charge in [0, 0.05) is 12.6 Å². The van der Waals surface area contributed by atoms with Gasteiger partial charge in [0.1, 0.15) is 17.5 Å². The van der Waals surface area contributed by atoms with Gasteiger partial charge in [0.15, 0.2) is 0 Å². The predicted molar refractivity (Wildman–Crippen MR) is 92.0 cm³/mol. The number of carbonyl (C=O) groups excluding carboxylic acids is 1. The molecular weight excluding hydrogens is 325 g/mol. The van der Waals surface area contributed by atoms with Crippen molar-refractivity contribution in [3.05, 3.63) is 71.8 Å². The molecule has 1 amide bonds. The number of hydrogen-bond donors (Lipinski definition) is 4. The van der Waals surface area contributed by atoms with Gasteiger partial charge in [-0.2, -0.15) is 0 Å². The van der Waals surface area contributed by atoms with E-state index in [1.165, 1.54) is 12.1 Å². The molecule has 0 aliphatic heterocycles. The molecule has 0 fully saturated rings. The summed E-state index contributed by atoms with van der Waals surface area (Å²) in [5.74, 6) is -0.483. The van der Waals surface area contributed by atoms with Crippen LogP contribution in [0.25, 0.3) is 0 Å². The molecule has 0 atom stereocenters. The molecule has 2 rings (SSSR count). The zero-order valence-corrected chi connectivity index (χ0v) is 13.5. The highest BCUT2D eigenvalue weighted by Crippen LogP contribution is 2.16. The van der Waals surface area contributed by atoms with Gasteiger partial charge in [0.25, 0.3) is 5.91 Å². The van der Waals surface area contributed by atoms with Gasteiger partial charge >= 0.3 is 0 Å². The number of aromatic nitrogens is 1. The Morgan fingerprint density at radius 2 is 2.04 bits per heavy atom. The smallest absolute Gasteiger partial charge is 0.274 e. The van der Waals surface area contributed by atoms with Crippen molar-refractivity contribution in [1.29, 1.82) is 5.41 Å². The molecule has 0 aliphatic rings. The first-order valence-electron chi connectivity index (χ1n) is 7.40. The van der Waals surface area contributed by atoms with Crippen LogP contribution in [0.3, 0.4) is 0 Å². The molecule has 4 N–H and O–H groups in total. The maximum Gasteiger partial charge on any atom is 0.274 e. The SMILES string of the molecule is CN/C=C\C(=N)N(Cc1ccc(C(=O)NO)cc1)c1ccc(F)cn1. The third-order valence-electron chi connectivity index (χ3n) is 3.35. The molecule has 25 heavy (non-hydrogen) atoms. The number of amides is 1. The number of rotatable bonds is 6. The molecule has 1 aromatic carbocycles. The highest BCUT2D eigenvalue weighted by atomic mass is 19.1. The van der Waals surface area contributed by atoms with E-state index in [0.29, 0.717) is 17.9 Å². The van der Waals surface area contributed by atoms with E-state index in [1.54, 1.807) is 54.0 Å². The van der Waals surface area contributed by atoms with E-state index < -0.39 is 11.7 Å². The van der Waals surface area contributed by atoms with Gasteiger partial charge in [-0.15, -0.1) is 0 Å². The predicted octanol–water partition coefficient (Wildman–Crippen LogP) is 2.06. The number of hydroxylamine groups is 1. The van der Waals surface area contributed by atoms with Crippen LogP contribution in [0.15, 0.2) is 54.9 Å². The Balaban J connectivity index is 2.26. The zero-order valence-electron chi connectivity index (χ0n) is 13.5. The quantitative estimate of drug-likeness (QED) is 0.278. The van der Waals surface area contributed by atoms with Crippen molar-refractivity contribution in [2.45, 2.75) is 6.54 Å². The van der Waals surface area contributed by atoms with Crippen LogP contribution >= 0.6 is 0 Å². The Hall–Kier alpha value is -3.26. The molecule has 0 radical (unpaired) electrons. The number of hydrogen-bond acceptors (Lipinski definition) is 5. The van der Waals surface area contributed by atoms with E-state index in [2.05, 4.69) is 10.3 Å². The Kier molecular flexibility index (Phi) is 6.19. The summed E-state index contributed by atoms with van der Waals surface area (Å²) in [4.78, 5) is 17.0. The van der Waals surface area contributed by atoms with Gasteiger partial charge in [-0.1, -0.05) is 12.1 Å². The van der Waals surface area contributed by atoms with Crippen molar-refractivity contribution in [2.75, 3.05) is 11.9 Å². The highest BCUT2D eigenvalue weighted by Gasteiger charge is 2.13. The minimum atomic E-state index is -0.603. The van der Waals surface area contributed by atoms with Gasteiger partial charge < -0.3 is 10.2 Å². The fourth-order valence-corrected chi connectivity index (χ4v) is 2.08. The normalized spacial score (nSPS) is 10.5. The minimum absolute atomic E-state index is 0.158. The van der Waals surface area contributed by atoms with E-state index >= 15 is 0 Å². The van der Waals surface area contributed by atoms with Crippen LogP contribution in [0.1, 0.15) is 15.9 Å². The molecule has 2 aromatic rings. The lowest BCUT2D eigenvalue weighted by molar-refractivity contribution is 0.0706. The van der Waals surface area contributed by atoms with Crippen LogP contribution in [0.5, 0.6) is 0 Å². The molecule has 8 heteroatoms. The summed E-state index contributed by atoms with van der Waals surface area (Å²) < 4.78 is 13.1. The van der Waals surface area contributed by atoms with Gasteiger partial charge in [-0.05, 0) is 42.1 Å². The van der Waals surface area contributed by atoms with Crippen LogP contribution in [-0.4, -0.2) is 29.0 Å². The number of carbonyl (C=O) groups is 1. The van der Waals surface area contributed by atoms with Crippen molar-refractivity contribution >= 4 is 17.6 Å². The third kappa shape index (κ3) is 4.85. The topological polar surface area (TPSA) is 101 Å². The van der Waals surface area contributed by atoms with Gasteiger partial charge in [0.2, 0.25) is 0 Å². The largest absolute Gasteiger partial charge is 0.394 e. The van der Waals surface area contributed by atoms with E-state index in [0.717, 1.165) is 11.8 Å². The van der Waals surface area contributed by atoms with E-state index in [-0.39, 0.29) is 5.84 Å². The lowest BCUT2D eigenvalue weighted by Crippen LogP contribution is -2.29. The Morgan fingerprint density at radius 3 is 2.60 bits per heavy atom. The number of benzene rings is 1. The third-order valence-corrected chi connectivity index (χ3v) is 3.35. The number of pyridine rings is 1. The second kappa shape index (κ2) is 8.55. The maximum absolute atomic E-state index is 13.1. The molecule has 0 saturated heterocycles. The fourth-order valence-electron chi connectivity index (χ4n) is 2.08. The fraction of sp³-hybridized carbons (Fsp3) is 0.118. The van der Waals surface area contributed by atoms with Gasteiger partial charge in [0.05, 0.1) is 12.7 Å². The second-order valence-electron chi connectivity index (χ2n) is 5.07. The van der Waals surface area contributed by atoms with Crippen molar-refractivity contribution in [3.8, 4) is 0 Å². The molecule has 1 heterocycles. The van der Waals surface area contributed by atoms with E-state index in [4.69, 9.17) is 10.6 Å². The molecule has 0 aliphatic carbocycles. The summed E-state index contributed by atoms with van der Waals surface area (Å²) >= 11 is 0. The maximum atomic E-state index is 13.1. The summed E-state index contributed by atoms with van der Waals surface area (Å²) in [6, 6.07) is 9.30. The van der Waals surface area contributed by atoms with Crippen molar-refractivity contribution in [1.82, 2.24) is 15.8 Å². The molecular formula is C17H18FN5O2. The molecule has 0 spiro atoms. The molecule has 130 valence electrons. The van der Waals surface area contributed by atoms with Crippen LogP contribution in [0, 0.1) is 11.2 Å². The molecule has 0 bridgehead atoms. The summed E-state index contributed by atoms with van der Waals surface area (Å²) in [7, 11) is 1.72. The van der Waals surface area contributed by atoms with Crippen LogP contribution < -0.4 is 15.7 Å². The van der Waals surface area contributed by atoms with Crippen LogP contribution in [-0.2, 0) is 6.54 Å². The average molecular weight is 343 g/mol. The Morgan fingerprint density at radius 1 is 1.32 bits per heavy atom. The number of halogens is 1. The van der Waals surface area contributed by atoms with Crippen LogP contribution in [0.4, 0.5) is 10.2 Å². The average Bonchev–Trinajstić information content (AvgIpc) is 2.65. The second-order valence-corrected chi connectivity index (χ2v) is 5.07.